The summed E-state index contributed by atoms with van der Waals surface area (Å²) in [6, 6.07) is 0. The molecule has 0 amide bonds. The van der Waals surface area contributed by atoms with Crippen molar-refractivity contribution in [1.82, 2.24) is 0 Å². The van der Waals surface area contributed by atoms with Crippen molar-refractivity contribution in [2.24, 2.45) is 0 Å². The average molecular weight is 166 g/mol. The Labute approximate surface area is 72.9 Å². The zero-order chi connectivity index (χ0) is 8.97. The van der Waals surface area contributed by atoms with Crippen molar-refractivity contribution in [3.05, 3.63) is 23.8 Å². The quantitative estimate of drug-likeness (QED) is 0.588. The molecule has 0 N–H and O–H groups in total. The molecule has 66 valence electrons. The molecule has 0 spiro atoms. The molecule has 0 atom stereocenters. The Bertz CT molecular complexity index is 226. The van der Waals surface area contributed by atoms with Crippen LogP contribution in [0.4, 0.5) is 0 Å². The molecule has 0 aliphatic heterocycles. The second kappa shape index (κ2) is 4.10. The molecule has 0 saturated heterocycles. The number of carbonyl (C=O) groups is 1. The van der Waals surface area contributed by atoms with Crippen molar-refractivity contribution < 1.29 is 9.53 Å². The van der Waals surface area contributed by atoms with Crippen LogP contribution in [0.3, 0.4) is 0 Å². The molecule has 0 aromatic heterocycles. The van der Waals surface area contributed by atoms with Crippen LogP contribution in [0.25, 0.3) is 0 Å². The van der Waals surface area contributed by atoms with E-state index in [-0.39, 0.29) is 5.97 Å². The minimum atomic E-state index is -0.190. The summed E-state index contributed by atoms with van der Waals surface area (Å²) < 4.78 is 4.68. The first-order chi connectivity index (χ1) is 5.79. The van der Waals surface area contributed by atoms with Crippen molar-refractivity contribution in [1.29, 1.82) is 0 Å². The monoisotopic (exact) mass is 166 g/mol. The first kappa shape index (κ1) is 9.04. The van der Waals surface area contributed by atoms with Gasteiger partial charge in [0.2, 0.25) is 0 Å². The second-order valence-electron chi connectivity index (χ2n) is 2.91. The van der Waals surface area contributed by atoms with Crippen LogP contribution in [-0.2, 0) is 9.53 Å². The molecule has 0 fully saturated rings. The van der Waals surface area contributed by atoms with Gasteiger partial charge in [0.25, 0.3) is 0 Å². The molecule has 2 nitrogen and oxygen atoms in total. The van der Waals surface area contributed by atoms with Gasteiger partial charge in [0.1, 0.15) is 0 Å². The molecule has 0 bridgehead atoms. The zero-order valence-corrected chi connectivity index (χ0v) is 7.43. The Hall–Kier alpha value is -1.05. The fourth-order valence-electron chi connectivity index (χ4n) is 1.51. The summed E-state index contributed by atoms with van der Waals surface area (Å²) in [5.74, 6) is -0.190. The average Bonchev–Trinajstić information content (AvgIpc) is 2.16. The Morgan fingerprint density at radius 1 is 1.50 bits per heavy atom. The van der Waals surface area contributed by atoms with Crippen LogP contribution in [0, 0.1) is 0 Å². The van der Waals surface area contributed by atoms with Crippen LogP contribution < -0.4 is 0 Å². The molecule has 0 saturated carbocycles. The van der Waals surface area contributed by atoms with Gasteiger partial charge < -0.3 is 4.74 Å². The minimum absolute atomic E-state index is 0.190. The molecule has 0 radical (unpaired) electrons. The highest BCUT2D eigenvalue weighted by Crippen LogP contribution is 2.25. The number of ether oxygens (including phenoxy) is 1. The molecule has 0 heterocycles. The topological polar surface area (TPSA) is 26.3 Å². The fraction of sp³-hybridized carbons (Fsp3) is 0.500. The number of esters is 1. The van der Waals surface area contributed by atoms with E-state index in [4.69, 9.17) is 0 Å². The van der Waals surface area contributed by atoms with Gasteiger partial charge in [0.15, 0.2) is 0 Å². The molecular weight excluding hydrogens is 152 g/mol. The summed E-state index contributed by atoms with van der Waals surface area (Å²) in [6.07, 6.45) is 5.82. The van der Waals surface area contributed by atoms with Crippen molar-refractivity contribution >= 4 is 5.97 Å². The van der Waals surface area contributed by atoms with Crippen LogP contribution in [0.5, 0.6) is 0 Å². The summed E-state index contributed by atoms with van der Waals surface area (Å²) in [6.45, 7) is 3.69. The maximum Gasteiger partial charge on any atom is 0.333 e. The van der Waals surface area contributed by atoms with Crippen LogP contribution >= 0.6 is 0 Å². The van der Waals surface area contributed by atoms with E-state index in [1.165, 1.54) is 7.11 Å². The van der Waals surface area contributed by atoms with E-state index >= 15 is 0 Å². The predicted molar refractivity (Wildman–Crippen MR) is 47.7 cm³/mol. The Morgan fingerprint density at radius 3 is 2.75 bits per heavy atom. The molecule has 0 aromatic carbocycles. The van der Waals surface area contributed by atoms with Crippen LogP contribution in [-0.4, -0.2) is 13.1 Å². The number of carbonyl (C=O) groups excluding carboxylic acids is 1. The number of hydrogen-bond donors (Lipinski definition) is 0. The van der Waals surface area contributed by atoms with Crippen LogP contribution in [0.2, 0.25) is 0 Å². The maximum absolute atomic E-state index is 11.2. The number of rotatable bonds is 2. The highest BCUT2D eigenvalue weighted by atomic mass is 16.5. The highest BCUT2D eigenvalue weighted by Gasteiger charge is 2.17. The lowest BCUT2D eigenvalue weighted by Gasteiger charge is -2.15. The second-order valence-corrected chi connectivity index (χ2v) is 2.91. The number of methoxy groups -OCH3 is 1. The van der Waals surface area contributed by atoms with Crippen molar-refractivity contribution in [2.45, 2.75) is 25.7 Å². The van der Waals surface area contributed by atoms with E-state index in [1.807, 2.05) is 0 Å². The molecule has 1 aliphatic rings. The molecule has 12 heavy (non-hydrogen) atoms. The zero-order valence-electron chi connectivity index (χ0n) is 7.43. The predicted octanol–water partition coefficient (Wildman–Crippen LogP) is 2.22. The van der Waals surface area contributed by atoms with E-state index in [0.717, 1.165) is 36.8 Å². The normalized spacial score (nSPS) is 17.4. The lowest BCUT2D eigenvalue weighted by atomic mass is 9.92. The third-order valence-corrected chi connectivity index (χ3v) is 2.19. The van der Waals surface area contributed by atoms with E-state index in [0.29, 0.717) is 0 Å². The van der Waals surface area contributed by atoms with Crippen LogP contribution in [0.15, 0.2) is 23.8 Å². The van der Waals surface area contributed by atoms with Gasteiger partial charge in [-0.25, -0.2) is 4.79 Å². The largest absolute Gasteiger partial charge is 0.466 e. The summed E-state index contributed by atoms with van der Waals surface area (Å²) in [5, 5.41) is 0. The minimum Gasteiger partial charge on any atom is -0.466 e. The van der Waals surface area contributed by atoms with Gasteiger partial charge in [-0.2, -0.15) is 0 Å². The van der Waals surface area contributed by atoms with Gasteiger partial charge in [0, 0.05) is 5.57 Å². The first-order valence-corrected chi connectivity index (χ1v) is 4.22. The van der Waals surface area contributed by atoms with Gasteiger partial charge in [-0.05, 0) is 31.3 Å². The molecule has 1 aliphatic carbocycles. The van der Waals surface area contributed by atoms with E-state index in [1.54, 1.807) is 6.08 Å². The summed E-state index contributed by atoms with van der Waals surface area (Å²) in [4.78, 5) is 11.2. The molecule has 2 heteroatoms. The van der Waals surface area contributed by atoms with Gasteiger partial charge >= 0.3 is 5.97 Å². The van der Waals surface area contributed by atoms with Gasteiger partial charge in [-0.1, -0.05) is 12.7 Å². The number of allylic oxidation sites excluding steroid dienone is 2. The Balaban J connectivity index is 2.86. The third kappa shape index (κ3) is 1.76. The van der Waals surface area contributed by atoms with Crippen LogP contribution in [0.1, 0.15) is 25.7 Å². The third-order valence-electron chi connectivity index (χ3n) is 2.19. The van der Waals surface area contributed by atoms with Crippen molar-refractivity contribution in [3.63, 3.8) is 0 Å². The summed E-state index contributed by atoms with van der Waals surface area (Å²) in [7, 11) is 1.42. The van der Waals surface area contributed by atoms with Gasteiger partial charge in [-0.3, -0.25) is 0 Å². The first-order valence-electron chi connectivity index (χ1n) is 4.22. The number of hydrogen-bond acceptors (Lipinski definition) is 2. The van der Waals surface area contributed by atoms with E-state index in [2.05, 4.69) is 11.3 Å². The SMILES string of the molecule is C=CC1=C(C(=O)OC)CCCC1. The highest BCUT2D eigenvalue weighted by molar-refractivity contribution is 5.90. The Morgan fingerprint density at radius 2 is 2.17 bits per heavy atom. The smallest absolute Gasteiger partial charge is 0.333 e. The Kier molecular flexibility index (Phi) is 3.09. The van der Waals surface area contributed by atoms with E-state index < -0.39 is 0 Å². The molecular formula is C10H14O2. The van der Waals surface area contributed by atoms with E-state index in [9.17, 15) is 4.79 Å². The van der Waals surface area contributed by atoms with Crippen molar-refractivity contribution in [3.8, 4) is 0 Å². The van der Waals surface area contributed by atoms with Crippen molar-refractivity contribution in [2.75, 3.05) is 7.11 Å². The molecule has 0 unspecified atom stereocenters. The standard InChI is InChI=1S/C10H14O2/c1-3-8-6-4-5-7-9(8)10(11)12-2/h3H,1,4-7H2,2H3. The van der Waals surface area contributed by atoms with Gasteiger partial charge in [0.05, 0.1) is 7.11 Å². The molecule has 0 aromatic rings. The summed E-state index contributed by atoms with van der Waals surface area (Å²) >= 11 is 0. The van der Waals surface area contributed by atoms with Gasteiger partial charge in [-0.15, -0.1) is 0 Å². The lowest BCUT2D eigenvalue weighted by molar-refractivity contribution is -0.136. The molecule has 1 rings (SSSR count). The summed E-state index contributed by atoms with van der Waals surface area (Å²) in [5.41, 5.74) is 1.88. The lowest BCUT2D eigenvalue weighted by Crippen LogP contribution is -2.10. The fourth-order valence-corrected chi connectivity index (χ4v) is 1.51. The maximum atomic E-state index is 11.2.